The molecule has 0 amide bonds. The van der Waals surface area contributed by atoms with Crippen molar-refractivity contribution in [2.75, 3.05) is 6.79 Å². The zero-order valence-electron chi connectivity index (χ0n) is 9.03. The number of benzene rings is 1. The van der Waals surface area contributed by atoms with Crippen molar-refractivity contribution in [2.45, 2.75) is 19.6 Å². The molecule has 1 aliphatic heterocycles. The third-order valence-electron chi connectivity index (χ3n) is 2.37. The molecule has 0 saturated heterocycles. The predicted octanol–water partition coefficient (Wildman–Crippen LogP) is 1.26. The van der Waals surface area contributed by atoms with Crippen molar-refractivity contribution in [1.29, 1.82) is 5.41 Å². The van der Waals surface area contributed by atoms with Gasteiger partial charge in [0.05, 0.1) is 6.61 Å². The van der Waals surface area contributed by atoms with Crippen molar-refractivity contribution in [3.05, 3.63) is 23.8 Å². The zero-order valence-corrected chi connectivity index (χ0v) is 9.03. The van der Waals surface area contributed by atoms with Crippen LogP contribution in [0.4, 0.5) is 0 Å². The summed E-state index contributed by atoms with van der Waals surface area (Å²) in [4.78, 5) is 0. The van der Waals surface area contributed by atoms with E-state index in [1.807, 2.05) is 18.2 Å². The Morgan fingerprint density at radius 2 is 2.25 bits per heavy atom. The quantitative estimate of drug-likeness (QED) is 0.593. The highest BCUT2D eigenvalue weighted by Crippen LogP contribution is 2.32. The minimum Gasteiger partial charge on any atom is -0.454 e. The van der Waals surface area contributed by atoms with Gasteiger partial charge in [0, 0.05) is 0 Å². The second-order valence-electron chi connectivity index (χ2n) is 3.60. The van der Waals surface area contributed by atoms with E-state index in [1.165, 1.54) is 0 Å². The number of nitrogens with two attached hydrogens (primary N) is 1. The second kappa shape index (κ2) is 4.40. The fourth-order valence-corrected chi connectivity index (χ4v) is 1.34. The molecule has 0 radical (unpaired) electrons. The highest BCUT2D eigenvalue weighted by molar-refractivity contribution is 5.81. The second-order valence-corrected chi connectivity index (χ2v) is 3.60. The third-order valence-corrected chi connectivity index (χ3v) is 2.37. The van der Waals surface area contributed by atoms with E-state index >= 15 is 0 Å². The molecular weight excluding hydrogens is 208 g/mol. The van der Waals surface area contributed by atoms with Crippen LogP contribution in [-0.4, -0.2) is 18.7 Å². The van der Waals surface area contributed by atoms with Crippen molar-refractivity contribution >= 4 is 5.84 Å². The molecule has 0 bridgehead atoms. The Labute approximate surface area is 93.6 Å². The number of rotatable bonds is 4. The minimum atomic E-state index is -0.370. The van der Waals surface area contributed by atoms with Crippen LogP contribution in [0.15, 0.2) is 18.2 Å². The summed E-state index contributed by atoms with van der Waals surface area (Å²) in [6.07, 6.45) is -0.370. The van der Waals surface area contributed by atoms with Crippen molar-refractivity contribution in [2.24, 2.45) is 5.73 Å². The average Bonchev–Trinajstić information content (AvgIpc) is 2.72. The topological polar surface area (TPSA) is 77.6 Å². The van der Waals surface area contributed by atoms with Crippen LogP contribution in [0.3, 0.4) is 0 Å². The number of hydrogen-bond donors (Lipinski definition) is 2. The predicted molar refractivity (Wildman–Crippen MR) is 58.7 cm³/mol. The molecule has 0 saturated carbocycles. The lowest BCUT2D eigenvalue weighted by atomic mass is 10.2. The first kappa shape index (κ1) is 10.8. The largest absolute Gasteiger partial charge is 0.454 e. The molecule has 2 rings (SSSR count). The molecule has 0 aromatic heterocycles. The summed E-state index contributed by atoms with van der Waals surface area (Å²) in [5, 5.41) is 7.20. The minimum absolute atomic E-state index is 0.0285. The maximum Gasteiger partial charge on any atom is 0.231 e. The van der Waals surface area contributed by atoms with Gasteiger partial charge < -0.3 is 19.9 Å². The number of hydrogen-bond acceptors (Lipinski definition) is 4. The van der Waals surface area contributed by atoms with Gasteiger partial charge in [-0.15, -0.1) is 0 Å². The van der Waals surface area contributed by atoms with E-state index in [9.17, 15) is 0 Å². The monoisotopic (exact) mass is 222 g/mol. The number of fused-ring (bicyclic) bond motifs is 1. The molecule has 1 aromatic rings. The molecule has 1 heterocycles. The first-order valence-electron chi connectivity index (χ1n) is 5.01. The third kappa shape index (κ3) is 2.25. The number of nitrogens with one attached hydrogen (secondary N) is 1. The van der Waals surface area contributed by atoms with Crippen LogP contribution >= 0.6 is 0 Å². The van der Waals surface area contributed by atoms with E-state index < -0.39 is 0 Å². The maximum absolute atomic E-state index is 7.20. The Bertz CT molecular complexity index is 406. The molecule has 5 nitrogen and oxygen atoms in total. The van der Waals surface area contributed by atoms with Crippen molar-refractivity contribution in [3.8, 4) is 11.5 Å². The smallest absolute Gasteiger partial charge is 0.231 e. The van der Waals surface area contributed by atoms with Crippen molar-refractivity contribution in [1.82, 2.24) is 0 Å². The van der Waals surface area contributed by atoms with Gasteiger partial charge in [-0.1, -0.05) is 6.07 Å². The number of amidine groups is 1. The Morgan fingerprint density at radius 1 is 1.50 bits per heavy atom. The van der Waals surface area contributed by atoms with E-state index in [0.29, 0.717) is 6.61 Å². The molecule has 1 aromatic carbocycles. The summed E-state index contributed by atoms with van der Waals surface area (Å²) in [6.45, 7) is 2.41. The summed E-state index contributed by atoms with van der Waals surface area (Å²) in [6, 6.07) is 5.62. The van der Waals surface area contributed by atoms with Gasteiger partial charge in [-0.2, -0.15) is 0 Å². The standard InChI is InChI=1S/C11H14N2O3/c1-7(11(12)13)14-5-8-2-3-9-10(4-8)16-6-15-9/h2-4,7H,5-6H2,1H3,(H3,12,13). The fourth-order valence-electron chi connectivity index (χ4n) is 1.34. The lowest BCUT2D eigenvalue weighted by Gasteiger charge is -2.11. The lowest BCUT2D eigenvalue weighted by Crippen LogP contribution is -2.27. The summed E-state index contributed by atoms with van der Waals surface area (Å²) in [5.41, 5.74) is 6.27. The zero-order chi connectivity index (χ0) is 11.5. The van der Waals surface area contributed by atoms with Crippen LogP contribution in [0.5, 0.6) is 11.5 Å². The number of ether oxygens (including phenoxy) is 3. The molecule has 16 heavy (non-hydrogen) atoms. The molecule has 5 heteroatoms. The SMILES string of the molecule is CC(OCc1ccc2c(c1)OCO2)C(=N)N. The summed E-state index contributed by atoms with van der Waals surface area (Å²) >= 11 is 0. The van der Waals surface area contributed by atoms with Gasteiger partial charge in [0.1, 0.15) is 11.9 Å². The van der Waals surface area contributed by atoms with E-state index in [0.717, 1.165) is 17.1 Å². The average molecular weight is 222 g/mol. The van der Waals surface area contributed by atoms with E-state index in [4.69, 9.17) is 25.4 Å². The van der Waals surface area contributed by atoms with Gasteiger partial charge in [-0.25, -0.2) is 0 Å². The van der Waals surface area contributed by atoms with Crippen molar-refractivity contribution < 1.29 is 14.2 Å². The van der Waals surface area contributed by atoms with Crippen LogP contribution in [0.25, 0.3) is 0 Å². The van der Waals surface area contributed by atoms with Gasteiger partial charge in [0.2, 0.25) is 6.79 Å². The Morgan fingerprint density at radius 3 is 3.00 bits per heavy atom. The summed E-state index contributed by atoms with van der Waals surface area (Å²) in [5.74, 6) is 1.51. The molecule has 1 atom stereocenters. The van der Waals surface area contributed by atoms with Gasteiger partial charge >= 0.3 is 0 Å². The van der Waals surface area contributed by atoms with Gasteiger partial charge in [0.15, 0.2) is 11.5 Å². The van der Waals surface area contributed by atoms with Crippen LogP contribution < -0.4 is 15.2 Å². The molecule has 0 spiro atoms. The van der Waals surface area contributed by atoms with Crippen LogP contribution in [0.2, 0.25) is 0 Å². The summed E-state index contributed by atoms with van der Waals surface area (Å²) < 4.78 is 15.9. The molecular formula is C11H14N2O3. The van der Waals surface area contributed by atoms with E-state index in [-0.39, 0.29) is 18.7 Å². The highest BCUT2D eigenvalue weighted by atomic mass is 16.7. The van der Waals surface area contributed by atoms with Crippen molar-refractivity contribution in [3.63, 3.8) is 0 Å². The first-order valence-corrected chi connectivity index (χ1v) is 5.01. The lowest BCUT2D eigenvalue weighted by molar-refractivity contribution is 0.0947. The summed E-state index contributed by atoms with van der Waals surface area (Å²) in [7, 11) is 0. The fraction of sp³-hybridized carbons (Fsp3) is 0.364. The molecule has 86 valence electrons. The van der Waals surface area contributed by atoms with E-state index in [2.05, 4.69) is 0 Å². The maximum atomic E-state index is 7.20. The Hall–Kier alpha value is -1.75. The molecule has 3 N–H and O–H groups in total. The van der Waals surface area contributed by atoms with Crippen LogP contribution in [-0.2, 0) is 11.3 Å². The van der Waals surface area contributed by atoms with Gasteiger partial charge in [-0.05, 0) is 24.6 Å². The molecule has 1 aliphatic rings. The van der Waals surface area contributed by atoms with Crippen LogP contribution in [0.1, 0.15) is 12.5 Å². The molecule has 0 aliphatic carbocycles. The molecule has 1 unspecified atom stereocenters. The normalized spacial score (nSPS) is 14.8. The Balaban J connectivity index is 1.98. The van der Waals surface area contributed by atoms with Gasteiger partial charge in [0.25, 0.3) is 0 Å². The Kier molecular flexibility index (Phi) is 2.96. The van der Waals surface area contributed by atoms with E-state index in [1.54, 1.807) is 6.92 Å². The molecule has 0 fully saturated rings. The first-order chi connectivity index (χ1) is 7.66. The highest BCUT2D eigenvalue weighted by Gasteiger charge is 2.13. The van der Waals surface area contributed by atoms with Gasteiger partial charge in [-0.3, -0.25) is 5.41 Å². The van der Waals surface area contributed by atoms with Crippen LogP contribution in [0, 0.1) is 5.41 Å².